The maximum atomic E-state index is 12.4. The van der Waals surface area contributed by atoms with Crippen LogP contribution in [0.4, 0.5) is 0 Å². The number of epoxide rings is 1. The second-order valence-electron chi connectivity index (χ2n) is 10.1. The number of amides is 3. The fourth-order valence-corrected chi connectivity index (χ4v) is 4.69. The number of rotatable bonds is 11. The number of methoxy groups -OCH3 is 1. The third-order valence-electron chi connectivity index (χ3n) is 7.09. The number of hydrogen-bond donors (Lipinski definition) is 3. The molecule has 10 heteroatoms. The van der Waals surface area contributed by atoms with E-state index in [1.165, 1.54) is 5.56 Å². The molecule has 0 bridgehead atoms. The van der Waals surface area contributed by atoms with Crippen LogP contribution in [0.1, 0.15) is 50.5 Å². The van der Waals surface area contributed by atoms with Crippen molar-refractivity contribution >= 4 is 23.5 Å². The fourth-order valence-electron chi connectivity index (χ4n) is 4.69. The van der Waals surface area contributed by atoms with Crippen LogP contribution in [-0.4, -0.2) is 75.7 Å². The highest BCUT2D eigenvalue weighted by Gasteiger charge is 2.38. The minimum atomic E-state index is -0.566. The molecule has 3 N–H and O–H groups in total. The zero-order valence-corrected chi connectivity index (χ0v) is 22.5. The summed E-state index contributed by atoms with van der Waals surface area (Å²) in [6.45, 7) is 3.17. The highest BCUT2D eigenvalue weighted by Crippen LogP contribution is 2.29. The third-order valence-corrected chi connectivity index (χ3v) is 7.09. The SMILES string of the molecule is COc1ccc(C)cc1.O=C(CNC(=O)C1CCOCC1)NCC(=O)NC(CC1CCCC1)C(=O)[C@H]1CO1. The number of hydrogen-bond acceptors (Lipinski definition) is 7. The van der Waals surface area contributed by atoms with E-state index in [4.69, 9.17) is 14.2 Å². The van der Waals surface area contributed by atoms with E-state index < -0.39 is 24.0 Å². The summed E-state index contributed by atoms with van der Waals surface area (Å²) in [5.74, 6) is 0.126. The average Bonchev–Trinajstić information content (AvgIpc) is 3.67. The number of aryl methyl sites for hydroxylation is 1. The number of nitrogens with one attached hydrogen (secondary N) is 3. The van der Waals surface area contributed by atoms with Gasteiger partial charge in [-0.25, -0.2) is 0 Å². The number of carbonyl (C=O) groups is 4. The maximum absolute atomic E-state index is 12.4. The molecule has 0 spiro atoms. The minimum Gasteiger partial charge on any atom is -0.497 e. The molecule has 1 unspecified atom stereocenters. The maximum Gasteiger partial charge on any atom is 0.239 e. The summed E-state index contributed by atoms with van der Waals surface area (Å²) in [4.78, 5) is 48.6. The molecular weight excluding hydrogens is 490 g/mol. The van der Waals surface area contributed by atoms with E-state index in [1.807, 2.05) is 24.3 Å². The Morgan fingerprint density at radius 1 is 0.947 bits per heavy atom. The van der Waals surface area contributed by atoms with Crippen molar-refractivity contribution in [2.75, 3.05) is 40.0 Å². The van der Waals surface area contributed by atoms with Crippen molar-refractivity contribution in [1.29, 1.82) is 0 Å². The van der Waals surface area contributed by atoms with Crippen LogP contribution in [0.15, 0.2) is 24.3 Å². The number of Topliss-reactive ketones (excluding diaryl/α,β-unsaturated/α-hetero) is 1. The molecule has 210 valence electrons. The van der Waals surface area contributed by atoms with Crippen molar-refractivity contribution in [1.82, 2.24) is 16.0 Å². The van der Waals surface area contributed by atoms with Gasteiger partial charge in [-0.1, -0.05) is 43.4 Å². The number of ether oxygens (including phenoxy) is 3. The van der Waals surface area contributed by atoms with Crippen molar-refractivity contribution in [2.45, 2.75) is 64.0 Å². The lowest BCUT2D eigenvalue weighted by Crippen LogP contribution is -2.48. The van der Waals surface area contributed by atoms with E-state index >= 15 is 0 Å². The zero-order valence-electron chi connectivity index (χ0n) is 22.5. The van der Waals surface area contributed by atoms with Gasteiger partial charge in [0.2, 0.25) is 17.7 Å². The van der Waals surface area contributed by atoms with Crippen molar-refractivity contribution in [3.63, 3.8) is 0 Å². The fraction of sp³-hybridized carbons (Fsp3) is 0.643. The quantitative estimate of drug-likeness (QED) is 0.370. The van der Waals surface area contributed by atoms with Crippen LogP contribution in [0.3, 0.4) is 0 Å². The Kier molecular flexibility index (Phi) is 12.0. The van der Waals surface area contributed by atoms with E-state index in [-0.39, 0.29) is 30.7 Å². The largest absolute Gasteiger partial charge is 0.497 e. The van der Waals surface area contributed by atoms with E-state index in [0.717, 1.165) is 31.4 Å². The van der Waals surface area contributed by atoms with Crippen LogP contribution in [0.5, 0.6) is 5.75 Å². The standard InChI is InChI=1S/C20H31N3O6.C8H10O/c24-17(10-22-20(27)14-5-7-28-8-6-14)21-11-18(25)23-15(19(26)16-12-29-16)9-13-3-1-2-4-13;1-7-3-5-8(9-2)6-4-7/h13-16H,1-12H2,(H,21,24)(H,22,27)(H,23,25);3-6H,1-2H3/t15?,16-;/m1./s1. The lowest BCUT2D eigenvalue weighted by molar-refractivity contribution is -0.131. The van der Waals surface area contributed by atoms with Gasteiger partial charge in [-0.05, 0) is 44.2 Å². The summed E-state index contributed by atoms with van der Waals surface area (Å²) < 4.78 is 15.3. The molecular formula is C28H41N3O7. The molecule has 1 aromatic carbocycles. The van der Waals surface area contributed by atoms with E-state index in [9.17, 15) is 19.2 Å². The first kappa shape index (κ1) is 29.6. The molecule has 2 aliphatic heterocycles. The first-order valence-electron chi connectivity index (χ1n) is 13.5. The first-order chi connectivity index (χ1) is 18.4. The summed E-state index contributed by atoms with van der Waals surface area (Å²) >= 11 is 0. The van der Waals surface area contributed by atoms with Crippen LogP contribution in [0, 0.1) is 18.8 Å². The van der Waals surface area contributed by atoms with Gasteiger partial charge >= 0.3 is 0 Å². The van der Waals surface area contributed by atoms with E-state index in [1.54, 1.807) is 7.11 Å². The van der Waals surface area contributed by atoms with Crippen LogP contribution in [-0.2, 0) is 28.7 Å². The van der Waals surface area contributed by atoms with Gasteiger partial charge in [0.25, 0.3) is 0 Å². The molecule has 3 amide bonds. The summed E-state index contributed by atoms with van der Waals surface area (Å²) in [5.41, 5.74) is 1.26. The molecule has 4 rings (SSSR count). The summed E-state index contributed by atoms with van der Waals surface area (Å²) in [6.07, 6.45) is 6.00. The molecule has 1 aliphatic carbocycles. The predicted molar refractivity (Wildman–Crippen MR) is 141 cm³/mol. The molecule has 10 nitrogen and oxygen atoms in total. The predicted octanol–water partition coefficient (Wildman–Crippen LogP) is 1.68. The summed E-state index contributed by atoms with van der Waals surface area (Å²) in [7, 11) is 1.67. The van der Waals surface area contributed by atoms with E-state index in [2.05, 4.69) is 22.9 Å². The zero-order chi connectivity index (χ0) is 27.3. The Hall–Kier alpha value is -2.98. The van der Waals surface area contributed by atoms with Gasteiger partial charge in [-0.2, -0.15) is 0 Å². The number of ketones is 1. The molecule has 0 aromatic heterocycles. The molecule has 3 fully saturated rings. The smallest absolute Gasteiger partial charge is 0.239 e. The summed E-state index contributed by atoms with van der Waals surface area (Å²) in [6, 6.07) is 7.39. The average molecular weight is 532 g/mol. The molecule has 3 aliphatic rings. The van der Waals surface area contributed by atoms with Crippen molar-refractivity contribution < 1.29 is 33.4 Å². The Balaban J connectivity index is 0.000000375. The third kappa shape index (κ3) is 10.4. The van der Waals surface area contributed by atoms with Gasteiger partial charge < -0.3 is 30.2 Å². The monoisotopic (exact) mass is 531 g/mol. The molecule has 1 saturated carbocycles. The van der Waals surface area contributed by atoms with Gasteiger partial charge in [0.05, 0.1) is 32.8 Å². The Morgan fingerprint density at radius 2 is 1.58 bits per heavy atom. The lowest BCUT2D eigenvalue weighted by atomic mass is 9.94. The van der Waals surface area contributed by atoms with Crippen LogP contribution in [0.2, 0.25) is 0 Å². The lowest BCUT2D eigenvalue weighted by Gasteiger charge is -2.21. The van der Waals surface area contributed by atoms with Crippen molar-refractivity contribution in [3.8, 4) is 5.75 Å². The Bertz CT molecular complexity index is 921. The highest BCUT2D eigenvalue weighted by atomic mass is 16.6. The molecule has 2 atom stereocenters. The van der Waals surface area contributed by atoms with Gasteiger partial charge in [0, 0.05) is 19.1 Å². The van der Waals surface area contributed by atoms with Gasteiger partial charge in [-0.3, -0.25) is 19.2 Å². The molecule has 0 radical (unpaired) electrons. The second kappa shape index (κ2) is 15.4. The van der Waals surface area contributed by atoms with Gasteiger partial charge in [0.1, 0.15) is 11.9 Å². The number of benzene rings is 1. The Morgan fingerprint density at radius 3 is 2.18 bits per heavy atom. The highest BCUT2D eigenvalue weighted by molar-refractivity contribution is 5.94. The minimum absolute atomic E-state index is 0.0831. The molecule has 1 aromatic rings. The molecule has 2 saturated heterocycles. The second-order valence-corrected chi connectivity index (χ2v) is 10.1. The topological polar surface area (TPSA) is 135 Å². The van der Waals surface area contributed by atoms with Gasteiger partial charge in [0.15, 0.2) is 5.78 Å². The van der Waals surface area contributed by atoms with Gasteiger partial charge in [-0.15, -0.1) is 0 Å². The Labute approximate surface area is 224 Å². The van der Waals surface area contributed by atoms with Crippen LogP contribution in [0.25, 0.3) is 0 Å². The van der Waals surface area contributed by atoms with Crippen LogP contribution < -0.4 is 20.7 Å². The van der Waals surface area contributed by atoms with Crippen LogP contribution >= 0.6 is 0 Å². The first-order valence-corrected chi connectivity index (χ1v) is 13.5. The summed E-state index contributed by atoms with van der Waals surface area (Å²) in [5, 5.41) is 7.84. The van der Waals surface area contributed by atoms with Crippen molar-refractivity contribution in [2.24, 2.45) is 11.8 Å². The number of carbonyl (C=O) groups excluding carboxylic acids is 4. The van der Waals surface area contributed by atoms with Crippen molar-refractivity contribution in [3.05, 3.63) is 29.8 Å². The molecule has 38 heavy (non-hydrogen) atoms. The van der Waals surface area contributed by atoms with E-state index in [0.29, 0.717) is 45.0 Å². The molecule has 2 heterocycles. The normalized spacial score (nSPS) is 19.9.